The third kappa shape index (κ3) is 5.81. The van der Waals surface area contributed by atoms with Crippen molar-refractivity contribution >= 4 is 18.1 Å². The molecule has 1 amide bonds. The predicted molar refractivity (Wildman–Crippen MR) is 80.6 cm³/mol. The molecule has 0 fully saturated rings. The van der Waals surface area contributed by atoms with E-state index in [1.165, 1.54) is 13.3 Å². The average Bonchev–Trinajstić information content (AvgIpc) is 2.45. The highest BCUT2D eigenvalue weighted by Crippen LogP contribution is 2.27. The van der Waals surface area contributed by atoms with Gasteiger partial charge in [-0.1, -0.05) is 0 Å². The van der Waals surface area contributed by atoms with Crippen LogP contribution in [-0.2, 0) is 4.79 Å². The van der Waals surface area contributed by atoms with Gasteiger partial charge >= 0.3 is 0 Å². The van der Waals surface area contributed by atoms with E-state index in [4.69, 9.17) is 20.9 Å². The number of carbonyl (C=O) groups excluding carboxylic acids is 1. The van der Waals surface area contributed by atoms with Crippen molar-refractivity contribution in [3.05, 3.63) is 23.8 Å². The van der Waals surface area contributed by atoms with Gasteiger partial charge in [0.2, 0.25) is 5.96 Å². The molecule has 0 aliphatic carbocycles. The van der Waals surface area contributed by atoms with E-state index < -0.39 is 0 Å². The summed E-state index contributed by atoms with van der Waals surface area (Å²) in [4.78, 5) is 11.4. The molecule has 0 aliphatic heterocycles. The molecule has 0 atom stereocenters. The molecule has 0 bridgehead atoms. The molecule has 0 aromatic heterocycles. The number of methoxy groups -OCH3 is 1. The van der Waals surface area contributed by atoms with E-state index in [0.29, 0.717) is 18.0 Å². The van der Waals surface area contributed by atoms with Gasteiger partial charge in [0.05, 0.1) is 13.3 Å². The molecule has 21 heavy (non-hydrogen) atoms. The fourth-order valence-electron chi connectivity index (χ4n) is 1.44. The third-order valence-electron chi connectivity index (χ3n) is 2.30. The number of guanidine groups is 1. The number of amides is 1. The van der Waals surface area contributed by atoms with Crippen molar-refractivity contribution in [2.75, 3.05) is 20.3 Å². The van der Waals surface area contributed by atoms with Crippen molar-refractivity contribution in [1.29, 1.82) is 0 Å². The molecule has 0 saturated carbocycles. The van der Waals surface area contributed by atoms with Gasteiger partial charge in [-0.15, -0.1) is 5.10 Å². The number of hydrogen-bond acceptors (Lipinski definition) is 5. The topological polar surface area (TPSA) is 124 Å². The maximum absolute atomic E-state index is 11.4. The van der Waals surface area contributed by atoms with Gasteiger partial charge < -0.3 is 26.3 Å². The summed E-state index contributed by atoms with van der Waals surface area (Å²) < 4.78 is 10.6. The molecular formula is C13H19N5O3. The standard InChI is InChI=1S/C13H19N5O3/c1-3-16-12(19)8-21-10-5-4-9(6-11(10)20-2)7-17-18-13(14)15/h4-7H,3,8H2,1-2H3,(H,16,19)(H4,14,15,18)/b17-7-. The van der Waals surface area contributed by atoms with Crippen LogP contribution in [0.4, 0.5) is 0 Å². The van der Waals surface area contributed by atoms with Crippen molar-refractivity contribution in [3.8, 4) is 11.5 Å². The fraction of sp³-hybridized carbons (Fsp3) is 0.308. The highest BCUT2D eigenvalue weighted by Gasteiger charge is 2.07. The lowest BCUT2D eigenvalue weighted by molar-refractivity contribution is -0.123. The second-order valence-electron chi connectivity index (χ2n) is 3.92. The van der Waals surface area contributed by atoms with Crippen LogP contribution in [0.3, 0.4) is 0 Å². The number of hydrogen-bond donors (Lipinski definition) is 3. The second-order valence-corrected chi connectivity index (χ2v) is 3.92. The van der Waals surface area contributed by atoms with Gasteiger partial charge in [-0.3, -0.25) is 4.79 Å². The monoisotopic (exact) mass is 293 g/mol. The zero-order chi connectivity index (χ0) is 15.7. The summed E-state index contributed by atoms with van der Waals surface area (Å²) >= 11 is 0. The molecule has 0 aliphatic rings. The molecule has 114 valence electrons. The minimum Gasteiger partial charge on any atom is -0.493 e. The molecule has 8 nitrogen and oxygen atoms in total. The van der Waals surface area contributed by atoms with Crippen LogP contribution in [0.5, 0.6) is 11.5 Å². The molecule has 8 heteroatoms. The van der Waals surface area contributed by atoms with Gasteiger partial charge in [0.15, 0.2) is 18.1 Å². The fourth-order valence-corrected chi connectivity index (χ4v) is 1.44. The number of ether oxygens (including phenoxy) is 2. The summed E-state index contributed by atoms with van der Waals surface area (Å²) in [6.07, 6.45) is 1.47. The number of rotatable bonds is 7. The van der Waals surface area contributed by atoms with Crippen LogP contribution in [0.2, 0.25) is 0 Å². The highest BCUT2D eigenvalue weighted by molar-refractivity contribution is 5.82. The van der Waals surface area contributed by atoms with E-state index in [1.807, 2.05) is 6.92 Å². The molecule has 0 unspecified atom stereocenters. The zero-order valence-electron chi connectivity index (χ0n) is 12.0. The molecular weight excluding hydrogens is 274 g/mol. The molecule has 1 rings (SSSR count). The molecule has 1 aromatic rings. The minimum atomic E-state index is -0.196. The first-order valence-electron chi connectivity index (χ1n) is 6.26. The smallest absolute Gasteiger partial charge is 0.257 e. The molecule has 0 saturated heterocycles. The Kier molecular flexibility index (Phi) is 6.52. The van der Waals surface area contributed by atoms with Gasteiger partial charge in [0.25, 0.3) is 5.91 Å². The first-order valence-corrected chi connectivity index (χ1v) is 6.26. The first-order chi connectivity index (χ1) is 10.1. The Hall–Kier alpha value is -2.77. The molecule has 1 aromatic carbocycles. The van der Waals surface area contributed by atoms with Gasteiger partial charge in [-0.05, 0) is 30.7 Å². The Morgan fingerprint density at radius 3 is 2.76 bits per heavy atom. The van der Waals surface area contributed by atoms with E-state index in [1.54, 1.807) is 18.2 Å². The number of nitrogens with one attached hydrogen (secondary N) is 1. The van der Waals surface area contributed by atoms with Crippen molar-refractivity contribution in [2.45, 2.75) is 6.92 Å². The number of nitrogens with zero attached hydrogens (tertiary/aromatic N) is 2. The normalized spacial score (nSPS) is 10.2. The SMILES string of the molecule is CCNC(=O)COc1ccc(/C=N\N=C(N)N)cc1OC. The lowest BCUT2D eigenvalue weighted by atomic mass is 10.2. The number of nitrogens with two attached hydrogens (primary N) is 2. The van der Waals surface area contributed by atoms with Crippen LogP contribution >= 0.6 is 0 Å². The largest absolute Gasteiger partial charge is 0.493 e. The van der Waals surface area contributed by atoms with Gasteiger partial charge in [0.1, 0.15) is 0 Å². The maximum atomic E-state index is 11.4. The quantitative estimate of drug-likeness (QED) is 0.365. The average molecular weight is 293 g/mol. The van der Waals surface area contributed by atoms with Crippen molar-refractivity contribution < 1.29 is 14.3 Å². The summed E-state index contributed by atoms with van der Waals surface area (Å²) in [6, 6.07) is 5.11. The number of likely N-dealkylation sites (N-methyl/N-ethyl adjacent to an activating group) is 1. The van der Waals surface area contributed by atoms with Gasteiger partial charge in [-0.2, -0.15) is 5.10 Å². The molecule has 5 N–H and O–H groups in total. The Balaban J connectivity index is 2.77. The van der Waals surface area contributed by atoms with Crippen molar-refractivity contribution in [1.82, 2.24) is 5.32 Å². The van der Waals surface area contributed by atoms with E-state index in [-0.39, 0.29) is 18.5 Å². The number of carbonyl (C=O) groups is 1. The van der Waals surface area contributed by atoms with E-state index in [9.17, 15) is 4.79 Å². The predicted octanol–water partition coefficient (Wildman–Crippen LogP) is -0.183. The zero-order valence-corrected chi connectivity index (χ0v) is 12.0. The summed E-state index contributed by atoms with van der Waals surface area (Å²) in [6.45, 7) is 2.31. The van der Waals surface area contributed by atoms with Crippen molar-refractivity contribution in [3.63, 3.8) is 0 Å². The van der Waals surface area contributed by atoms with Crippen LogP contribution < -0.4 is 26.3 Å². The Morgan fingerprint density at radius 2 is 2.14 bits per heavy atom. The Morgan fingerprint density at radius 1 is 1.38 bits per heavy atom. The van der Waals surface area contributed by atoms with E-state index in [2.05, 4.69) is 15.5 Å². The first kappa shape index (κ1) is 16.3. The lowest BCUT2D eigenvalue weighted by Crippen LogP contribution is -2.28. The minimum absolute atomic E-state index is 0.0777. The van der Waals surface area contributed by atoms with Crippen LogP contribution in [-0.4, -0.2) is 38.3 Å². The van der Waals surface area contributed by atoms with Crippen LogP contribution in [0.25, 0.3) is 0 Å². The maximum Gasteiger partial charge on any atom is 0.257 e. The van der Waals surface area contributed by atoms with Crippen LogP contribution in [0, 0.1) is 0 Å². The number of benzene rings is 1. The lowest BCUT2D eigenvalue weighted by Gasteiger charge is -2.10. The van der Waals surface area contributed by atoms with E-state index >= 15 is 0 Å². The van der Waals surface area contributed by atoms with E-state index in [0.717, 1.165) is 5.56 Å². The van der Waals surface area contributed by atoms with Crippen LogP contribution in [0.1, 0.15) is 12.5 Å². The Bertz CT molecular complexity index is 539. The molecule has 0 spiro atoms. The summed E-state index contributed by atoms with van der Waals surface area (Å²) in [5.74, 6) is 0.619. The third-order valence-corrected chi connectivity index (χ3v) is 2.30. The summed E-state index contributed by atoms with van der Waals surface area (Å²) in [7, 11) is 1.51. The Labute approximate surface area is 122 Å². The van der Waals surface area contributed by atoms with Crippen molar-refractivity contribution in [2.24, 2.45) is 21.7 Å². The highest BCUT2D eigenvalue weighted by atomic mass is 16.5. The van der Waals surface area contributed by atoms with Crippen LogP contribution in [0.15, 0.2) is 28.4 Å². The van der Waals surface area contributed by atoms with Gasteiger partial charge in [0, 0.05) is 6.54 Å². The van der Waals surface area contributed by atoms with Gasteiger partial charge in [-0.25, -0.2) is 0 Å². The summed E-state index contributed by atoms with van der Waals surface area (Å²) in [5.41, 5.74) is 11.0. The summed E-state index contributed by atoms with van der Waals surface area (Å²) in [5, 5.41) is 9.83. The molecule has 0 heterocycles. The molecule has 0 radical (unpaired) electrons. The second kappa shape index (κ2) is 8.41.